The average Bonchev–Trinajstić information content (AvgIpc) is 2.37. The van der Waals surface area contributed by atoms with Crippen LogP contribution < -0.4 is 5.73 Å². The van der Waals surface area contributed by atoms with Crippen LogP contribution in [0.5, 0.6) is 0 Å². The van der Waals surface area contributed by atoms with Gasteiger partial charge in [-0.05, 0) is 13.0 Å². The van der Waals surface area contributed by atoms with Gasteiger partial charge in [-0.3, -0.25) is 0 Å². The first-order chi connectivity index (χ1) is 5.34. The SMILES string of the molecule is Br.Br.Cn1ccnc1SCCCN. The average molecular weight is 333 g/mol. The highest BCUT2D eigenvalue weighted by Crippen LogP contribution is 2.14. The van der Waals surface area contributed by atoms with Gasteiger partial charge in [0, 0.05) is 25.2 Å². The lowest BCUT2D eigenvalue weighted by atomic mass is 10.5. The van der Waals surface area contributed by atoms with Crippen LogP contribution in [0.2, 0.25) is 0 Å². The van der Waals surface area contributed by atoms with Crippen LogP contribution in [-0.4, -0.2) is 21.8 Å². The lowest BCUT2D eigenvalue weighted by Gasteiger charge is -1.98. The number of imidazole rings is 1. The molecule has 0 amide bonds. The zero-order valence-electron chi connectivity index (χ0n) is 7.47. The Kier molecular flexibility index (Phi) is 11.1. The number of aromatic nitrogens is 2. The summed E-state index contributed by atoms with van der Waals surface area (Å²) in [5.74, 6) is 1.06. The summed E-state index contributed by atoms with van der Waals surface area (Å²) in [5.41, 5.74) is 5.37. The molecule has 0 bridgehead atoms. The number of nitrogens with two attached hydrogens (primary N) is 1. The molecule has 0 fully saturated rings. The summed E-state index contributed by atoms with van der Waals surface area (Å²) in [6.45, 7) is 0.761. The number of rotatable bonds is 4. The number of hydrogen-bond acceptors (Lipinski definition) is 3. The second-order valence-corrected chi connectivity index (χ2v) is 3.37. The Bertz CT molecular complexity index is 217. The smallest absolute Gasteiger partial charge is 0.167 e. The Morgan fingerprint density at radius 2 is 2.23 bits per heavy atom. The third-order valence-corrected chi connectivity index (χ3v) is 2.50. The number of hydrogen-bond donors (Lipinski definition) is 1. The van der Waals surface area contributed by atoms with Crippen molar-refractivity contribution < 1.29 is 0 Å². The Morgan fingerprint density at radius 3 is 2.69 bits per heavy atom. The topological polar surface area (TPSA) is 43.8 Å². The maximum Gasteiger partial charge on any atom is 0.167 e. The van der Waals surface area contributed by atoms with Crippen LogP contribution in [0, 0.1) is 0 Å². The molecule has 0 aromatic carbocycles. The lowest BCUT2D eigenvalue weighted by molar-refractivity contribution is 0.788. The molecule has 0 aliphatic heterocycles. The highest BCUT2D eigenvalue weighted by Gasteiger charge is 1.97. The summed E-state index contributed by atoms with van der Waals surface area (Å²) < 4.78 is 2.02. The van der Waals surface area contributed by atoms with Crippen molar-refractivity contribution >= 4 is 45.7 Å². The first-order valence-corrected chi connectivity index (χ1v) is 4.63. The van der Waals surface area contributed by atoms with Crippen molar-refractivity contribution in [2.45, 2.75) is 11.6 Å². The van der Waals surface area contributed by atoms with Gasteiger partial charge in [0.25, 0.3) is 0 Å². The van der Waals surface area contributed by atoms with Crippen molar-refractivity contribution in [3.05, 3.63) is 12.4 Å². The van der Waals surface area contributed by atoms with Crippen molar-refractivity contribution in [2.24, 2.45) is 12.8 Å². The molecule has 0 aliphatic carbocycles. The second kappa shape index (κ2) is 9.05. The van der Waals surface area contributed by atoms with Crippen molar-refractivity contribution in [1.29, 1.82) is 0 Å². The molecule has 13 heavy (non-hydrogen) atoms. The lowest BCUT2D eigenvalue weighted by Crippen LogP contribution is -2.00. The van der Waals surface area contributed by atoms with Crippen molar-refractivity contribution in [3.8, 4) is 0 Å². The summed E-state index contributed by atoms with van der Waals surface area (Å²) in [5, 5.41) is 1.07. The van der Waals surface area contributed by atoms with Gasteiger partial charge >= 0.3 is 0 Å². The fraction of sp³-hybridized carbons (Fsp3) is 0.571. The van der Waals surface area contributed by atoms with Crippen LogP contribution in [0.1, 0.15) is 6.42 Å². The predicted molar refractivity (Wildman–Crippen MR) is 68.2 cm³/mol. The summed E-state index contributed by atoms with van der Waals surface area (Å²) in [6.07, 6.45) is 4.81. The molecule has 2 N–H and O–H groups in total. The standard InChI is InChI=1S/C7H13N3S.2BrH/c1-10-5-4-9-7(10)11-6-2-3-8;;/h4-5H,2-3,6,8H2,1H3;2*1H. The highest BCUT2D eigenvalue weighted by molar-refractivity contribution is 8.93. The minimum absolute atomic E-state index is 0. The molecule has 0 saturated carbocycles. The van der Waals surface area contributed by atoms with E-state index >= 15 is 0 Å². The van der Waals surface area contributed by atoms with Gasteiger partial charge < -0.3 is 10.3 Å². The summed E-state index contributed by atoms with van der Waals surface area (Å²) in [4.78, 5) is 4.17. The number of halogens is 2. The molecule has 0 atom stereocenters. The fourth-order valence-electron chi connectivity index (χ4n) is 0.738. The van der Waals surface area contributed by atoms with Gasteiger partial charge in [-0.15, -0.1) is 34.0 Å². The molecule has 78 valence electrons. The van der Waals surface area contributed by atoms with E-state index in [9.17, 15) is 0 Å². The van der Waals surface area contributed by atoms with Gasteiger partial charge in [0.15, 0.2) is 5.16 Å². The Labute approximate surface area is 104 Å². The van der Waals surface area contributed by atoms with Gasteiger partial charge in [-0.25, -0.2) is 4.98 Å². The zero-order valence-corrected chi connectivity index (χ0v) is 11.7. The number of thioether (sulfide) groups is 1. The van der Waals surface area contributed by atoms with Crippen LogP contribution >= 0.6 is 45.7 Å². The molecule has 1 rings (SSSR count). The minimum Gasteiger partial charge on any atom is -0.330 e. The first-order valence-electron chi connectivity index (χ1n) is 3.65. The van der Waals surface area contributed by atoms with E-state index in [1.807, 2.05) is 24.0 Å². The Hall–Kier alpha value is 0.480. The largest absolute Gasteiger partial charge is 0.330 e. The van der Waals surface area contributed by atoms with E-state index in [2.05, 4.69) is 4.98 Å². The minimum atomic E-state index is 0. The van der Waals surface area contributed by atoms with Crippen LogP contribution in [0.3, 0.4) is 0 Å². The van der Waals surface area contributed by atoms with Crippen molar-refractivity contribution in [2.75, 3.05) is 12.3 Å². The molecular weight excluding hydrogens is 318 g/mol. The fourth-order valence-corrected chi connectivity index (χ4v) is 1.63. The molecule has 1 aromatic rings. The van der Waals surface area contributed by atoms with Crippen LogP contribution in [-0.2, 0) is 7.05 Å². The summed E-state index contributed by atoms with van der Waals surface area (Å²) >= 11 is 1.75. The van der Waals surface area contributed by atoms with E-state index in [0.717, 1.165) is 23.9 Å². The van der Waals surface area contributed by atoms with E-state index in [-0.39, 0.29) is 34.0 Å². The Morgan fingerprint density at radius 1 is 1.54 bits per heavy atom. The van der Waals surface area contributed by atoms with Crippen LogP contribution in [0.4, 0.5) is 0 Å². The summed E-state index contributed by atoms with van der Waals surface area (Å²) in [6, 6.07) is 0. The number of aryl methyl sites for hydroxylation is 1. The molecule has 6 heteroatoms. The predicted octanol–water partition coefficient (Wildman–Crippen LogP) is 2.02. The van der Waals surface area contributed by atoms with E-state index in [0.29, 0.717) is 0 Å². The summed E-state index contributed by atoms with van der Waals surface area (Å²) in [7, 11) is 2.00. The van der Waals surface area contributed by atoms with E-state index in [1.54, 1.807) is 11.8 Å². The van der Waals surface area contributed by atoms with E-state index < -0.39 is 0 Å². The molecule has 1 heterocycles. The van der Waals surface area contributed by atoms with Gasteiger partial charge in [0.1, 0.15) is 0 Å². The van der Waals surface area contributed by atoms with Crippen LogP contribution in [0.15, 0.2) is 17.6 Å². The normalized spacial score (nSPS) is 8.77. The maximum atomic E-state index is 5.37. The van der Waals surface area contributed by atoms with Crippen molar-refractivity contribution in [3.63, 3.8) is 0 Å². The molecule has 0 unspecified atom stereocenters. The Balaban J connectivity index is 0. The highest BCUT2D eigenvalue weighted by atomic mass is 79.9. The quantitative estimate of drug-likeness (QED) is 0.677. The molecule has 0 spiro atoms. The van der Waals surface area contributed by atoms with E-state index in [4.69, 9.17) is 5.73 Å². The first kappa shape index (κ1) is 15.9. The third kappa shape index (κ3) is 5.72. The zero-order chi connectivity index (χ0) is 8.10. The molecule has 0 radical (unpaired) electrons. The van der Waals surface area contributed by atoms with Gasteiger partial charge in [-0.2, -0.15) is 0 Å². The molecule has 1 aromatic heterocycles. The molecule has 3 nitrogen and oxygen atoms in total. The van der Waals surface area contributed by atoms with Gasteiger partial charge in [0.05, 0.1) is 0 Å². The maximum absolute atomic E-state index is 5.37. The molecule has 0 aliphatic rings. The molecular formula is C7H15Br2N3S. The second-order valence-electron chi connectivity index (χ2n) is 2.31. The van der Waals surface area contributed by atoms with E-state index in [1.165, 1.54) is 0 Å². The van der Waals surface area contributed by atoms with Gasteiger partial charge in [-0.1, -0.05) is 11.8 Å². The third-order valence-electron chi connectivity index (χ3n) is 1.36. The monoisotopic (exact) mass is 331 g/mol. The molecule has 0 saturated heterocycles. The number of nitrogens with zero attached hydrogens (tertiary/aromatic N) is 2. The van der Waals surface area contributed by atoms with Crippen molar-refractivity contribution in [1.82, 2.24) is 9.55 Å². The van der Waals surface area contributed by atoms with Crippen LogP contribution in [0.25, 0.3) is 0 Å². The van der Waals surface area contributed by atoms with Gasteiger partial charge in [0.2, 0.25) is 0 Å².